The summed E-state index contributed by atoms with van der Waals surface area (Å²) >= 11 is 5.97. The van der Waals surface area contributed by atoms with Crippen LogP contribution in [0.2, 0.25) is 5.02 Å². The first-order valence-electron chi connectivity index (χ1n) is 8.51. The predicted molar refractivity (Wildman–Crippen MR) is 108 cm³/mol. The second kappa shape index (κ2) is 10.00. The van der Waals surface area contributed by atoms with Crippen LogP contribution in [0.5, 0.6) is 5.75 Å². The van der Waals surface area contributed by atoms with Gasteiger partial charge in [0, 0.05) is 11.1 Å². The number of ether oxygens (including phenoxy) is 1. The van der Waals surface area contributed by atoms with Gasteiger partial charge in [-0.15, -0.1) is 0 Å². The highest BCUT2D eigenvalue weighted by Gasteiger charge is 2.13. The van der Waals surface area contributed by atoms with E-state index in [1.807, 2.05) is 62.6 Å². The normalized spacial score (nSPS) is 12.3. The Morgan fingerprint density at radius 1 is 1.15 bits per heavy atom. The molecule has 5 heteroatoms. The van der Waals surface area contributed by atoms with Crippen molar-refractivity contribution in [3.8, 4) is 5.75 Å². The second-order valence-electron chi connectivity index (χ2n) is 6.31. The molecular weight excluding hydrogens is 348 g/mol. The highest BCUT2D eigenvalue weighted by atomic mass is 35.5. The molecule has 1 atom stereocenters. The number of hydrogen-bond acceptors (Lipinski definition) is 3. The molecular formula is C21H25ClN2O2. The second-order valence-corrected chi connectivity index (χ2v) is 6.75. The molecule has 2 rings (SSSR count). The Morgan fingerprint density at radius 2 is 1.81 bits per heavy atom. The van der Waals surface area contributed by atoms with Gasteiger partial charge in [0.25, 0.3) is 0 Å². The lowest BCUT2D eigenvalue weighted by Crippen LogP contribution is -2.29. The Labute approximate surface area is 160 Å². The van der Waals surface area contributed by atoms with Crippen molar-refractivity contribution in [1.82, 2.24) is 10.2 Å². The molecule has 0 radical (unpaired) electrons. The lowest BCUT2D eigenvalue weighted by atomic mass is 10.0. The van der Waals surface area contributed by atoms with Crippen molar-refractivity contribution in [1.29, 1.82) is 0 Å². The van der Waals surface area contributed by atoms with Gasteiger partial charge in [-0.3, -0.25) is 4.79 Å². The Kier molecular flexibility index (Phi) is 7.70. The van der Waals surface area contributed by atoms with Crippen molar-refractivity contribution in [2.45, 2.75) is 12.5 Å². The Balaban J connectivity index is 2.04. The Morgan fingerprint density at radius 3 is 2.38 bits per heavy atom. The van der Waals surface area contributed by atoms with Gasteiger partial charge in [0.1, 0.15) is 5.75 Å². The van der Waals surface area contributed by atoms with Crippen LogP contribution in [0.3, 0.4) is 0 Å². The molecule has 0 fully saturated rings. The number of rotatable bonds is 8. The summed E-state index contributed by atoms with van der Waals surface area (Å²) < 4.78 is 5.13. The molecule has 26 heavy (non-hydrogen) atoms. The number of carbonyl (C=O) groups is 1. The highest BCUT2D eigenvalue weighted by Crippen LogP contribution is 2.20. The molecule has 1 amide bonds. The van der Waals surface area contributed by atoms with Gasteiger partial charge in [-0.25, -0.2) is 0 Å². The third-order valence-electron chi connectivity index (χ3n) is 4.00. The summed E-state index contributed by atoms with van der Waals surface area (Å²) in [5, 5.41) is 3.77. The molecule has 4 nitrogen and oxygen atoms in total. The summed E-state index contributed by atoms with van der Waals surface area (Å²) in [5.41, 5.74) is 1.99. The van der Waals surface area contributed by atoms with Gasteiger partial charge in [0.2, 0.25) is 5.91 Å². The summed E-state index contributed by atoms with van der Waals surface area (Å²) in [5.74, 6) is 0.664. The molecule has 0 aliphatic carbocycles. The van der Waals surface area contributed by atoms with Gasteiger partial charge < -0.3 is 15.0 Å². The van der Waals surface area contributed by atoms with E-state index in [9.17, 15) is 4.79 Å². The van der Waals surface area contributed by atoms with Crippen molar-refractivity contribution in [2.75, 3.05) is 27.7 Å². The van der Waals surface area contributed by atoms with E-state index in [2.05, 4.69) is 10.2 Å². The number of methoxy groups -OCH3 is 1. The van der Waals surface area contributed by atoms with Gasteiger partial charge in [0.15, 0.2) is 0 Å². The van der Waals surface area contributed by atoms with Crippen molar-refractivity contribution in [3.05, 3.63) is 70.8 Å². The SMILES string of the molecule is COc1ccc(/C=C/C(=O)NC(CCN(C)C)c2ccc(Cl)cc2)cc1. The monoisotopic (exact) mass is 372 g/mol. The van der Waals surface area contributed by atoms with Crippen molar-refractivity contribution < 1.29 is 9.53 Å². The number of carbonyl (C=O) groups excluding carboxylic acids is 1. The van der Waals surface area contributed by atoms with E-state index in [1.165, 1.54) is 0 Å². The minimum Gasteiger partial charge on any atom is -0.497 e. The molecule has 0 bridgehead atoms. The highest BCUT2D eigenvalue weighted by molar-refractivity contribution is 6.30. The van der Waals surface area contributed by atoms with Gasteiger partial charge in [0.05, 0.1) is 13.2 Å². The van der Waals surface area contributed by atoms with Crippen LogP contribution in [0.1, 0.15) is 23.6 Å². The van der Waals surface area contributed by atoms with E-state index in [4.69, 9.17) is 16.3 Å². The molecule has 1 N–H and O–H groups in total. The van der Waals surface area contributed by atoms with Crippen LogP contribution in [0, 0.1) is 0 Å². The summed E-state index contributed by atoms with van der Waals surface area (Å²) in [4.78, 5) is 14.5. The van der Waals surface area contributed by atoms with E-state index < -0.39 is 0 Å². The van der Waals surface area contributed by atoms with Crippen molar-refractivity contribution >= 4 is 23.6 Å². The molecule has 0 saturated heterocycles. The lowest BCUT2D eigenvalue weighted by molar-refractivity contribution is -0.117. The number of benzene rings is 2. The van der Waals surface area contributed by atoms with Crippen LogP contribution in [-0.4, -0.2) is 38.6 Å². The Bertz CT molecular complexity index is 725. The van der Waals surface area contributed by atoms with Gasteiger partial charge >= 0.3 is 0 Å². The van der Waals surface area contributed by atoms with Crippen LogP contribution in [-0.2, 0) is 4.79 Å². The predicted octanol–water partition coefficient (Wildman–Crippen LogP) is 4.17. The minimum atomic E-state index is -0.125. The first-order valence-corrected chi connectivity index (χ1v) is 8.88. The van der Waals surface area contributed by atoms with E-state index in [0.29, 0.717) is 5.02 Å². The fraction of sp³-hybridized carbons (Fsp3) is 0.286. The van der Waals surface area contributed by atoms with Gasteiger partial charge in [-0.1, -0.05) is 35.9 Å². The first kappa shape index (κ1) is 20.0. The molecule has 0 spiro atoms. The number of amides is 1. The summed E-state index contributed by atoms with van der Waals surface area (Å²) in [6, 6.07) is 15.1. The quantitative estimate of drug-likeness (QED) is 0.707. The van der Waals surface area contributed by atoms with Gasteiger partial charge in [-0.2, -0.15) is 0 Å². The smallest absolute Gasteiger partial charge is 0.244 e. The zero-order valence-electron chi connectivity index (χ0n) is 15.4. The van der Waals surface area contributed by atoms with E-state index in [1.54, 1.807) is 19.3 Å². The maximum atomic E-state index is 12.4. The number of halogens is 1. The summed E-state index contributed by atoms with van der Waals surface area (Å²) in [7, 11) is 5.66. The minimum absolute atomic E-state index is 0.0670. The molecule has 0 aliphatic heterocycles. The first-order chi connectivity index (χ1) is 12.5. The average molecular weight is 373 g/mol. The van der Waals surface area contributed by atoms with Gasteiger partial charge in [-0.05, 0) is 68.5 Å². The average Bonchev–Trinajstić information content (AvgIpc) is 2.64. The maximum absolute atomic E-state index is 12.4. The molecule has 2 aromatic rings. The fourth-order valence-electron chi connectivity index (χ4n) is 2.51. The molecule has 0 aliphatic rings. The van der Waals surface area contributed by atoms with Crippen molar-refractivity contribution in [3.63, 3.8) is 0 Å². The molecule has 0 saturated carbocycles. The lowest BCUT2D eigenvalue weighted by Gasteiger charge is -2.20. The number of hydrogen-bond donors (Lipinski definition) is 1. The molecule has 2 aromatic carbocycles. The van der Waals surface area contributed by atoms with E-state index in [-0.39, 0.29) is 11.9 Å². The number of nitrogens with zero attached hydrogens (tertiary/aromatic N) is 1. The molecule has 0 aromatic heterocycles. The zero-order valence-corrected chi connectivity index (χ0v) is 16.2. The topological polar surface area (TPSA) is 41.6 Å². The van der Waals surface area contributed by atoms with E-state index in [0.717, 1.165) is 29.8 Å². The third-order valence-corrected chi connectivity index (χ3v) is 4.25. The van der Waals surface area contributed by atoms with Crippen LogP contribution >= 0.6 is 11.6 Å². The molecule has 1 unspecified atom stereocenters. The molecule has 0 heterocycles. The zero-order chi connectivity index (χ0) is 18.9. The maximum Gasteiger partial charge on any atom is 0.244 e. The molecule has 138 valence electrons. The fourth-order valence-corrected chi connectivity index (χ4v) is 2.64. The summed E-state index contributed by atoms with van der Waals surface area (Å²) in [6.45, 7) is 0.871. The largest absolute Gasteiger partial charge is 0.497 e. The van der Waals surface area contributed by atoms with Crippen molar-refractivity contribution in [2.24, 2.45) is 0 Å². The summed E-state index contributed by atoms with van der Waals surface area (Å²) in [6.07, 6.45) is 4.16. The van der Waals surface area contributed by atoms with Crippen LogP contribution < -0.4 is 10.1 Å². The third kappa shape index (κ3) is 6.54. The number of nitrogens with one attached hydrogen (secondary N) is 1. The van der Waals surface area contributed by atoms with Crippen LogP contribution in [0.15, 0.2) is 54.6 Å². The Hall–Kier alpha value is -2.30. The van der Waals surface area contributed by atoms with Crippen LogP contribution in [0.25, 0.3) is 6.08 Å². The van der Waals surface area contributed by atoms with Crippen LogP contribution in [0.4, 0.5) is 0 Å². The standard InChI is InChI=1S/C21H25ClN2O2/c1-24(2)15-14-20(17-7-9-18(22)10-8-17)23-21(25)13-6-16-4-11-19(26-3)12-5-16/h4-13,20H,14-15H2,1-3H3,(H,23,25)/b13-6+. The van der Waals surface area contributed by atoms with E-state index >= 15 is 0 Å².